The van der Waals surface area contributed by atoms with E-state index >= 15 is 0 Å². The van der Waals surface area contributed by atoms with Crippen molar-refractivity contribution in [2.45, 2.75) is 11.3 Å². The van der Waals surface area contributed by atoms with Gasteiger partial charge in [0.25, 0.3) is 0 Å². The Labute approximate surface area is 174 Å². The first-order chi connectivity index (χ1) is 13.7. The van der Waals surface area contributed by atoms with E-state index in [1.807, 2.05) is 60.8 Å². The quantitative estimate of drug-likeness (QED) is 0.440. The Kier molecular flexibility index (Phi) is 4.47. The number of imidazole rings is 1. The predicted molar refractivity (Wildman–Crippen MR) is 115 cm³/mol. The highest BCUT2D eigenvalue weighted by molar-refractivity contribution is 9.10. The van der Waals surface area contributed by atoms with Gasteiger partial charge in [-0.2, -0.15) is 0 Å². The lowest BCUT2D eigenvalue weighted by Crippen LogP contribution is -2.17. The molecule has 1 atom stereocenters. The lowest BCUT2D eigenvalue weighted by molar-refractivity contribution is 0.0229. The maximum Gasteiger partial charge on any atom is 0.218 e. The van der Waals surface area contributed by atoms with Gasteiger partial charge in [-0.05, 0) is 36.4 Å². The highest BCUT2D eigenvalue weighted by atomic mass is 79.9. The minimum Gasteiger partial charge on any atom is -0.461 e. The van der Waals surface area contributed by atoms with E-state index in [0.717, 1.165) is 36.9 Å². The number of ether oxygens (including phenoxy) is 1. The zero-order valence-corrected chi connectivity index (χ0v) is 17.0. The van der Waals surface area contributed by atoms with Gasteiger partial charge in [-0.3, -0.25) is 4.40 Å². The van der Waals surface area contributed by atoms with Crippen LogP contribution >= 0.6 is 27.7 Å². The standard InChI is InChI=1S/C22H15BrN2O2S/c23-15-7-5-6-14(12-15)21-22(25-11-4-3-10-19(25)24-21)28-18-13-20(26)27-17-9-2-1-8-16(17)18/h1-13,20,26H. The SMILES string of the molecule is OC1C=C(Sc2c(-c3cccc(Br)c3)nc3ccccn23)c2ccccc2O1. The Bertz CT molecular complexity index is 1220. The van der Waals surface area contributed by atoms with Crippen LogP contribution in [0.15, 0.2) is 88.5 Å². The highest BCUT2D eigenvalue weighted by Crippen LogP contribution is 2.44. The summed E-state index contributed by atoms with van der Waals surface area (Å²) >= 11 is 5.13. The number of pyridine rings is 1. The van der Waals surface area contributed by atoms with Crippen molar-refractivity contribution in [2.75, 3.05) is 0 Å². The number of rotatable bonds is 3. The number of benzene rings is 2. The monoisotopic (exact) mass is 450 g/mol. The van der Waals surface area contributed by atoms with Crippen molar-refractivity contribution in [2.24, 2.45) is 0 Å². The van der Waals surface area contributed by atoms with Crippen molar-refractivity contribution in [3.8, 4) is 17.0 Å². The van der Waals surface area contributed by atoms with Gasteiger partial charge < -0.3 is 9.84 Å². The molecule has 5 rings (SSSR count). The second-order valence-corrected chi connectivity index (χ2v) is 8.29. The van der Waals surface area contributed by atoms with E-state index in [-0.39, 0.29) is 0 Å². The molecule has 1 N–H and O–H groups in total. The second-order valence-electron chi connectivity index (χ2n) is 6.34. The molecule has 0 fully saturated rings. The van der Waals surface area contributed by atoms with Crippen LogP contribution in [0.2, 0.25) is 0 Å². The number of aromatic nitrogens is 2. The fourth-order valence-electron chi connectivity index (χ4n) is 3.24. The average molecular weight is 451 g/mol. The van der Waals surface area contributed by atoms with Crippen LogP contribution in [0.1, 0.15) is 5.56 Å². The number of aliphatic hydroxyl groups excluding tert-OH is 1. The number of halogens is 1. The van der Waals surface area contributed by atoms with Gasteiger partial charge in [0.15, 0.2) is 0 Å². The van der Waals surface area contributed by atoms with E-state index in [1.54, 1.807) is 17.8 Å². The third-order valence-electron chi connectivity index (χ3n) is 4.48. The van der Waals surface area contributed by atoms with Crippen LogP contribution in [0.25, 0.3) is 21.8 Å². The van der Waals surface area contributed by atoms with Crippen LogP contribution in [-0.4, -0.2) is 20.8 Å². The molecule has 1 aliphatic heterocycles. The molecule has 2 aromatic carbocycles. The van der Waals surface area contributed by atoms with Crippen molar-refractivity contribution in [1.29, 1.82) is 0 Å². The molecular weight excluding hydrogens is 436 g/mol. The van der Waals surface area contributed by atoms with Gasteiger partial charge in [-0.15, -0.1) is 0 Å². The third-order valence-corrected chi connectivity index (χ3v) is 6.14. The molecule has 0 aliphatic carbocycles. The topological polar surface area (TPSA) is 46.8 Å². The number of para-hydroxylation sites is 1. The average Bonchev–Trinajstić information content (AvgIpc) is 3.06. The van der Waals surface area contributed by atoms with Crippen LogP contribution < -0.4 is 4.74 Å². The molecule has 28 heavy (non-hydrogen) atoms. The first kappa shape index (κ1) is 17.6. The fraction of sp³-hybridized carbons (Fsp3) is 0.0455. The van der Waals surface area contributed by atoms with E-state index in [2.05, 4.69) is 32.5 Å². The minimum absolute atomic E-state index is 0.679. The minimum atomic E-state index is -0.967. The Morgan fingerprint density at radius 1 is 1.04 bits per heavy atom. The summed E-state index contributed by atoms with van der Waals surface area (Å²) in [5.74, 6) is 0.679. The summed E-state index contributed by atoms with van der Waals surface area (Å²) in [5, 5.41) is 11.1. The molecule has 0 radical (unpaired) electrons. The maximum atomic E-state index is 10.2. The Morgan fingerprint density at radius 3 is 2.79 bits per heavy atom. The summed E-state index contributed by atoms with van der Waals surface area (Å²) in [6, 6.07) is 21.8. The molecule has 6 heteroatoms. The molecule has 4 nitrogen and oxygen atoms in total. The molecule has 0 saturated carbocycles. The van der Waals surface area contributed by atoms with E-state index in [0.29, 0.717) is 5.75 Å². The van der Waals surface area contributed by atoms with Crippen LogP contribution in [0.3, 0.4) is 0 Å². The van der Waals surface area contributed by atoms with Gasteiger partial charge in [0.2, 0.25) is 6.29 Å². The van der Waals surface area contributed by atoms with Gasteiger partial charge in [0.05, 0.1) is 0 Å². The molecule has 3 heterocycles. The van der Waals surface area contributed by atoms with E-state index in [1.165, 1.54) is 0 Å². The zero-order chi connectivity index (χ0) is 19.1. The lowest BCUT2D eigenvalue weighted by atomic mass is 10.1. The Morgan fingerprint density at radius 2 is 1.89 bits per heavy atom. The number of fused-ring (bicyclic) bond motifs is 2. The number of nitrogens with zero attached hydrogens (tertiary/aromatic N) is 2. The second kappa shape index (κ2) is 7.13. The van der Waals surface area contributed by atoms with Crippen molar-refractivity contribution in [3.05, 3.63) is 89.0 Å². The smallest absolute Gasteiger partial charge is 0.218 e. The normalized spacial score (nSPS) is 15.8. The molecule has 0 saturated heterocycles. The van der Waals surface area contributed by atoms with Gasteiger partial charge in [0.1, 0.15) is 22.1 Å². The van der Waals surface area contributed by atoms with Crippen LogP contribution in [0.5, 0.6) is 5.75 Å². The fourth-order valence-corrected chi connectivity index (χ4v) is 4.83. The molecular formula is C22H15BrN2O2S. The molecule has 2 aromatic heterocycles. The van der Waals surface area contributed by atoms with E-state index in [9.17, 15) is 5.11 Å². The predicted octanol–water partition coefficient (Wildman–Crippen LogP) is 5.61. The first-order valence-electron chi connectivity index (χ1n) is 8.76. The summed E-state index contributed by atoms with van der Waals surface area (Å²) in [6.45, 7) is 0. The lowest BCUT2D eigenvalue weighted by Gasteiger charge is -2.21. The number of aliphatic hydroxyl groups is 1. The molecule has 138 valence electrons. The summed E-state index contributed by atoms with van der Waals surface area (Å²) in [5.41, 5.74) is 3.77. The molecule has 0 amide bonds. The summed E-state index contributed by atoms with van der Waals surface area (Å²) < 4.78 is 8.62. The Balaban J connectivity index is 1.68. The van der Waals surface area contributed by atoms with Gasteiger partial charge >= 0.3 is 0 Å². The van der Waals surface area contributed by atoms with Crippen LogP contribution in [-0.2, 0) is 0 Å². The maximum absolute atomic E-state index is 10.2. The zero-order valence-electron chi connectivity index (χ0n) is 14.6. The molecule has 1 aliphatic rings. The largest absolute Gasteiger partial charge is 0.461 e. The summed E-state index contributed by atoms with van der Waals surface area (Å²) in [4.78, 5) is 5.81. The highest BCUT2D eigenvalue weighted by Gasteiger charge is 2.23. The van der Waals surface area contributed by atoms with Crippen molar-refractivity contribution >= 4 is 38.2 Å². The number of hydrogen-bond donors (Lipinski definition) is 1. The van der Waals surface area contributed by atoms with Crippen LogP contribution in [0, 0.1) is 0 Å². The van der Waals surface area contributed by atoms with Gasteiger partial charge in [-0.25, -0.2) is 4.98 Å². The number of thioether (sulfide) groups is 1. The first-order valence-corrected chi connectivity index (χ1v) is 10.4. The van der Waals surface area contributed by atoms with Crippen molar-refractivity contribution in [3.63, 3.8) is 0 Å². The summed E-state index contributed by atoms with van der Waals surface area (Å²) in [6.07, 6.45) is 2.78. The number of hydrogen-bond acceptors (Lipinski definition) is 4. The van der Waals surface area contributed by atoms with Gasteiger partial charge in [-0.1, -0.05) is 64.1 Å². The van der Waals surface area contributed by atoms with Gasteiger partial charge in [0, 0.05) is 26.7 Å². The molecule has 4 aromatic rings. The molecule has 0 bridgehead atoms. The van der Waals surface area contributed by atoms with E-state index in [4.69, 9.17) is 9.72 Å². The summed E-state index contributed by atoms with van der Waals surface area (Å²) in [7, 11) is 0. The molecule has 1 unspecified atom stereocenters. The Hall–Kier alpha value is -2.54. The van der Waals surface area contributed by atoms with Crippen molar-refractivity contribution in [1.82, 2.24) is 9.38 Å². The third kappa shape index (κ3) is 3.13. The van der Waals surface area contributed by atoms with E-state index < -0.39 is 6.29 Å². The molecule has 0 spiro atoms. The van der Waals surface area contributed by atoms with Crippen LogP contribution in [0.4, 0.5) is 0 Å². The van der Waals surface area contributed by atoms with Crippen molar-refractivity contribution < 1.29 is 9.84 Å².